The third-order valence-corrected chi connectivity index (χ3v) is 7.23. The summed E-state index contributed by atoms with van der Waals surface area (Å²) < 4.78 is 6.17. The number of carbonyl (C=O) groups is 1. The smallest absolute Gasteiger partial charge is 0.302 e. The van der Waals surface area contributed by atoms with Gasteiger partial charge in [0.2, 0.25) is 0 Å². The molecular weight excluding hydrogens is 264 g/mol. The lowest BCUT2D eigenvalue weighted by molar-refractivity contribution is -0.148. The molecule has 2 fully saturated rings. The maximum atomic E-state index is 11.4. The first-order valence-corrected chi connectivity index (χ1v) is 8.92. The minimum absolute atomic E-state index is 0.112. The normalized spacial score (nSPS) is 36.8. The largest absolute Gasteiger partial charge is 0.460 e. The lowest BCUT2D eigenvalue weighted by Crippen LogP contribution is -2.37. The van der Waals surface area contributed by atoms with Gasteiger partial charge in [-0.3, -0.25) is 4.79 Å². The van der Waals surface area contributed by atoms with E-state index in [9.17, 15) is 4.79 Å². The van der Waals surface area contributed by atoms with Crippen molar-refractivity contribution in [1.82, 2.24) is 0 Å². The van der Waals surface area contributed by atoms with E-state index in [-0.39, 0.29) is 12.1 Å². The second-order valence-electron chi connectivity index (χ2n) is 5.48. The van der Waals surface area contributed by atoms with E-state index in [2.05, 4.69) is 12.2 Å². The number of fused-ring (bicyclic) bond motifs is 2. The van der Waals surface area contributed by atoms with Crippen LogP contribution in [0.15, 0.2) is 12.2 Å². The Hall–Kier alpha value is -0.0900. The Labute approximate surface area is 117 Å². The molecule has 18 heavy (non-hydrogen) atoms. The fourth-order valence-corrected chi connectivity index (χ4v) is 6.56. The van der Waals surface area contributed by atoms with E-state index in [1.807, 2.05) is 23.5 Å². The Bertz CT molecular complexity index is 350. The Morgan fingerprint density at radius 2 is 2.06 bits per heavy atom. The van der Waals surface area contributed by atoms with Crippen molar-refractivity contribution in [1.29, 1.82) is 0 Å². The molecule has 100 valence electrons. The molecule has 0 N–H and O–H groups in total. The van der Waals surface area contributed by atoms with Crippen LogP contribution in [0.1, 0.15) is 26.2 Å². The molecule has 4 unspecified atom stereocenters. The van der Waals surface area contributed by atoms with E-state index in [1.54, 1.807) is 6.92 Å². The zero-order valence-corrected chi connectivity index (χ0v) is 12.3. The van der Waals surface area contributed by atoms with E-state index in [0.29, 0.717) is 16.4 Å². The van der Waals surface area contributed by atoms with Crippen molar-refractivity contribution in [3.8, 4) is 0 Å². The molecule has 1 heterocycles. The van der Waals surface area contributed by atoms with Crippen LogP contribution >= 0.6 is 23.5 Å². The third-order valence-electron chi connectivity index (χ3n) is 4.18. The predicted octanol–water partition coefficient (Wildman–Crippen LogP) is 3.33. The van der Waals surface area contributed by atoms with E-state index in [1.165, 1.54) is 30.8 Å². The maximum Gasteiger partial charge on any atom is 0.302 e. The second-order valence-corrected chi connectivity index (χ2v) is 8.28. The third kappa shape index (κ3) is 2.60. The summed E-state index contributed by atoms with van der Waals surface area (Å²) in [6, 6.07) is 0. The first-order chi connectivity index (χ1) is 8.74. The highest BCUT2D eigenvalue weighted by molar-refractivity contribution is 8.17. The molecule has 4 atom stereocenters. The Kier molecular flexibility index (Phi) is 3.94. The summed E-state index contributed by atoms with van der Waals surface area (Å²) in [6.45, 7) is 1.55. The summed E-state index contributed by atoms with van der Waals surface area (Å²) in [5, 5.41) is 0. The van der Waals surface area contributed by atoms with Crippen LogP contribution in [0, 0.1) is 17.8 Å². The number of hydrogen-bond donors (Lipinski definition) is 0. The summed E-state index contributed by atoms with van der Waals surface area (Å²) in [6.07, 6.45) is 8.62. The average Bonchev–Trinajstić information content (AvgIpc) is 2.99. The molecule has 2 bridgehead atoms. The second kappa shape index (κ2) is 5.49. The van der Waals surface area contributed by atoms with Crippen molar-refractivity contribution < 1.29 is 9.53 Å². The van der Waals surface area contributed by atoms with Crippen molar-refractivity contribution in [3.05, 3.63) is 12.2 Å². The zero-order valence-electron chi connectivity index (χ0n) is 10.7. The Morgan fingerprint density at radius 1 is 1.28 bits per heavy atom. The topological polar surface area (TPSA) is 26.3 Å². The minimum Gasteiger partial charge on any atom is -0.460 e. The zero-order chi connectivity index (χ0) is 12.5. The molecule has 1 saturated heterocycles. The fourth-order valence-electron chi connectivity index (χ4n) is 3.43. The number of hydrogen-bond acceptors (Lipinski definition) is 4. The number of ether oxygens (including phenoxy) is 1. The highest BCUT2D eigenvalue weighted by atomic mass is 32.2. The van der Waals surface area contributed by atoms with Gasteiger partial charge in [0.05, 0.1) is 4.58 Å². The van der Waals surface area contributed by atoms with E-state index >= 15 is 0 Å². The van der Waals surface area contributed by atoms with Crippen LogP contribution < -0.4 is 0 Å². The van der Waals surface area contributed by atoms with Crippen molar-refractivity contribution in [2.75, 3.05) is 11.5 Å². The van der Waals surface area contributed by atoms with Crippen molar-refractivity contribution in [2.24, 2.45) is 17.8 Å². The van der Waals surface area contributed by atoms with Crippen LogP contribution in [0.5, 0.6) is 0 Å². The lowest BCUT2D eigenvalue weighted by atomic mass is 9.89. The summed E-state index contributed by atoms with van der Waals surface area (Å²) in [4.78, 5) is 11.4. The summed E-state index contributed by atoms with van der Waals surface area (Å²) in [7, 11) is 0. The number of allylic oxidation sites excluding steroid dienone is 2. The van der Waals surface area contributed by atoms with Crippen LogP contribution in [0.2, 0.25) is 0 Å². The van der Waals surface area contributed by atoms with Crippen LogP contribution in [-0.4, -0.2) is 28.2 Å². The highest BCUT2D eigenvalue weighted by Crippen LogP contribution is 2.49. The molecule has 0 aromatic carbocycles. The average molecular weight is 284 g/mol. The van der Waals surface area contributed by atoms with Gasteiger partial charge in [-0.25, -0.2) is 0 Å². The molecule has 0 aromatic heterocycles. The van der Waals surface area contributed by atoms with E-state index in [0.717, 1.165) is 5.92 Å². The fraction of sp³-hybridized carbons (Fsp3) is 0.786. The van der Waals surface area contributed by atoms with Crippen molar-refractivity contribution in [2.45, 2.75) is 36.9 Å². The lowest BCUT2D eigenvalue weighted by Gasteiger charge is -2.35. The standard InChI is InChI=1S/C14H20O2S2/c1-9(15)16-13(14-17-5-2-6-18-14)12-8-10-3-4-11(12)7-10/h3-4,10-14H,2,5-8H2,1H3. The molecule has 0 radical (unpaired) electrons. The quantitative estimate of drug-likeness (QED) is 0.586. The van der Waals surface area contributed by atoms with Gasteiger partial charge in [0.1, 0.15) is 6.10 Å². The molecule has 2 nitrogen and oxygen atoms in total. The number of rotatable bonds is 3. The minimum atomic E-state index is -0.112. The van der Waals surface area contributed by atoms with Crippen LogP contribution in [-0.2, 0) is 9.53 Å². The van der Waals surface area contributed by atoms with Gasteiger partial charge in [0.15, 0.2) is 0 Å². The monoisotopic (exact) mass is 284 g/mol. The van der Waals surface area contributed by atoms with E-state index in [4.69, 9.17) is 4.74 Å². The van der Waals surface area contributed by atoms with E-state index < -0.39 is 0 Å². The van der Waals surface area contributed by atoms with Gasteiger partial charge in [0.25, 0.3) is 0 Å². The van der Waals surface area contributed by atoms with Crippen molar-refractivity contribution in [3.63, 3.8) is 0 Å². The number of thioether (sulfide) groups is 2. The number of esters is 1. The van der Waals surface area contributed by atoms with Gasteiger partial charge in [-0.1, -0.05) is 12.2 Å². The maximum absolute atomic E-state index is 11.4. The van der Waals surface area contributed by atoms with Crippen LogP contribution in [0.4, 0.5) is 0 Å². The van der Waals surface area contributed by atoms with Gasteiger partial charge < -0.3 is 4.74 Å². The highest BCUT2D eigenvalue weighted by Gasteiger charge is 2.44. The molecule has 0 aromatic rings. The molecule has 4 heteroatoms. The summed E-state index contributed by atoms with van der Waals surface area (Å²) in [5.74, 6) is 4.28. The van der Waals surface area contributed by atoms with Crippen molar-refractivity contribution >= 4 is 29.5 Å². The van der Waals surface area contributed by atoms with Gasteiger partial charge in [-0.2, -0.15) is 0 Å². The summed E-state index contributed by atoms with van der Waals surface area (Å²) >= 11 is 3.98. The predicted molar refractivity (Wildman–Crippen MR) is 77.7 cm³/mol. The molecule has 2 aliphatic carbocycles. The Balaban J connectivity index is 1.72. The van der Waals surface area contributed by atoms with Crippen LogP contribution in [0.3, 0.4) is 0 Å². The molecule has 1 aliphatic heterocycles. The Morgan fingerprint density at radius 3 is 2.61 bits per heavy atom. The van der Waals surface area contributed by atoms with Gasteiger partial charge in [-0.05, 0) is 42.6 Å². The molecule has 0 amide bonds. The molecule has 0 spiro atoms. The SMILES string of the molecule is CC(=O)OC(C1SCCCS1)C1CC2C=CC1C2. The van der Waals surface area contributed by atoms with Gasteiger partial charge in [-0.15, -0.1) is 23.5 Å². The summed E-state index contributed by atoms with van der Waals surface area (Å²) in [5.41, 5.74) is 0. The molecule has 1 saturated carbocycles. The number of carbonyl (C=O) groups excluding carboxylic acids is 1. The first-order valence-electron chi connectivity index (χ1n) is 6.83. The van der Waals surface area contributed by atoms with Crippen LogP contribution in [0.25, 0.3) is 0 Å². The van der Waals surface area contributed by atoms with Gasteiger partial charge in [0, 0.05) is 12.8 Å². The molecule has 3 aliphatic rings. The van der Waals surface area contributed by atoms with Gasteiger partial charge >= 0.3 is 5.97 Å². The first kappa shape index (κ1) is 12.9. The molecule has 3 rings (SSSR count). The molecular formula is C14H20O2S2.